The Balaban J connectivity index is 0.000000162. The molecular weight excluding hydrogens is 1820 g/mol. The summed E-state index contributed by atoms with van der Waals surface area (Å²) in [5.41, 5.74) is 9.48. The number of carbonyl (C=O) groups is 5. The summed E-state index contributed by atoms with van der Waals surface area (Å²) in [5, 5.41) is 70.1. The molecule has 141 heavy (non-hydrogen) atoms. The minimum absolute atomic E-state index is 0.0000320. The van der Waals surface area contributed by atoms with Gasteiger partial charge in [-0.2, -0.15) is 28.4 Å². The van der Waals surface area contributed by atoms with Gasteiger partial charge in [-0.25, -0.2) is 4.98 Å². The number of ether oxygens (including phenoxy) is 4. The minimum Gasteiger partial charge on any atom is -0.496 e. The van der Waals surface area contributed by atoms with E-state index in [1.807, 2.05) is 110 Å². The summed E-state index contributed by atoms with van der Waals surface area (Å²) in [4.78, 5) is 94.9. The number of esters is 1. The Hall–Kier alpha value is -9.74. The lowest BCUT2D eigenvalue weighted by molar-refractivity contribution is -0.183. The highest BCUT2D eigenvalue weighted by molar-refractivity contribution is 7.98. The number of rotatable bonds is 31. The predicted molar refractivity (Wildman–Crippen MR) is 535 cm³/mol. The number of aliphatic hydroxyl groups excluding tert-OH is 5. The highest BCUT2D eigenvalue weighted by atomic mass is 32.2. The zero-order valence-corrected chi connectivity index (χ0v) is 85.8. The Morgan fingerprint density at radius 1 is 0.539 bits per heavy atom. The fourth-order valence-electron chi connectivity index (χ4n) is 25.4. The molecule has 4 heterocycles. The third-order valence-corrected chi connectivity index (χ3v) is 34.6. The van der Waals surface area contributed by atoms with Crippen LogP contribution >= 0.6 is 11.8 Å². The second kappa shape index (κ2) is 43.3. The van der Waals surface area contributed by atoms with Crippen LogP contribution in [0.15, 0.2) is 151 Å². The summed E-state index contributed by atoms with van der Waals surface area (Å²) >= 11 is 1.69. The number of fused-ring (bicyclic) bond motifs is 7. The summed E-state index contributed by atoms with van der Waals surface area (Å²) in [6, 6.07) is 40.3. The lowest BCUT2D eigenvalue weighted by atomic mass is 9.45. The van der Waals surface area contributed by atoms with Crippen LogP contribution in [0, 0.1) is 87.3 Å². The molecule has 27 nitrogen and oxygen atoms in total. The van der Waals surface area contributed by atoms with Crippen LogP contribution in [0.1, 0.15) is 166 Å². The molecule has 12 fully saturated rings. The summed E-state index contributed by atoms with van der Waals surface area (Å²) < 4.78 is 67.3. The average Bonchev–Trinajstić information content (AvgIpc) is 1.16. The first kappa shape index (κ1) is 106. The van der Waals surface area contributed by atoms with Crippen molar-refractivity contribution in [1.82, 2.24) is 46.0 Å². The Bertz CT molecular complexity index is 5780. The van der Waals surface area contributed by atoms with Crippen LogP contribution in [0.3, 0.4) is 0 Å². The number of halogens is 3. The molecule has 8 aromatic rings. The van der Waals surface area contributed by atoms with E-state index in [9.17, 15) is 62.7 Å². The maximum atomic E-state index is 14.7. The van der Waals surface area contributed by atoms with Gasteiger partial charge in [-0.05, 0) is 201 Å². The smallest absolute Gasteiger partial charge is 0.416 e. The summed E-state index contributed by atoms with van der Waals surface area (Å²) in [5.74, 6) is 2.70. The number of nitrogens with one attached hydrogen (secondary N) is 4. The summed E-state index contributed by atoms with van der Waals surface area (Å²) in [6.45, 7) is 25.0. The van der Waals surface area contributed by atoms with Crippen LogP contribution in [-0.4, -0.2) is 221 Å². The highest BCUT2D eigenvalue weighted by Crippen LogP contribution is 2.64. The third-order valence-electron chi connectivity index (χ3n) is 33.9. The maximum Gasteiger partial charge on any atom is 0.416 e. The van der Waals surface area contributed by atoms with Crippen LogP contribution in [0.4, 0.5) is 18.9 Å². The van der Waals surface area contributed by atoms with Crippen molar-refractivity contribution < 1.29 is 96.1 Å². The van der Waals surface area contributed by atoms with E-state index in [1.54, 1.807) is 89.2 Å². The van der Waals surface area contributed by atoms with Crippen molar-refractivity contribution in [3.05, 3.63) is 179 Å². The maximum absolute atomic E-state index is 14.7. The van der Waals surface area contributed by atoms with Crippen molar-refractivity contribution >= 4 is 58.1 Å². The van der Waals surface area contributed by atoms with Gasteiger partial charge in [-0.3, -0.25) is 38.5 Å². The van der Waals surface area contributed by atoms with Gasteiger partial charge >= 0.3 is 12.1 Å². The van der Waals surface area contributed by atoms with Gasteiger partial charge in [0, 0.05) is 120 Å². The number of thioether (sulfide) groups is 1. The van der Waals surface area contributed by atoms with Crippen LogP contribution < -0.4 is 40.4 Å². The molecule has 6 bridgehead atoms. The topological polar surface area (TPSA) is 330 Å². The van der Waals surface area contributed by atoms with Crippen LogP contribution in [0.5, 0.6) is 17.2 Å². The van der Waals surface area contributed by atoms with Gasteiger partial charge in [0.15, 0.2) is 0 Å². The van der Waals surface area contributed by atoms with Crippen molar-refractivity contribution in [2.24, 2.45) is 94.3 Å². The number of alkyl halides is 3. The number of benzene rings is 7. The van der Waals surface area contributed by atoms with Crippen molar-refractivity contribution in [2.75, 3.05) is 73.4 Å². The molecule has 20 rings (SSSR count). The van der Waals surface area contributed by atoms with Crippen LogP contribution in [0.25, 0.3) is 44.4 Å². The molecule has 0 spiro atoms. The van der Waals surface area contributed by atoms with Crippen molar-refractivity contribution in [3.8, 4) is 50.6 Å². The number of nitrogens with zero attached hydrogens (tertiary/aromatic N) is 6. The minimum atomic E-state index is -4.58. The zero-order valence-electron chi connectivity index (χ0n) is 85.0. The van der Waals surface area contributed by atoms with E-state index in [0.29, 0.717) is 104 Å². The molecule has 9 aliphatic carbocycles. The second-order valence-corrected chi connectivity index (χ2v) is 43.7. The van der Waals surface area contributed by atoms with Gasteiger partial charge < -0.3 is 75.2 Å². The molecule has 9 N–H and O–H groups in total. The Kier molecular flexibility index (Phi) is 32.4. The van der Waals surface area contributed by atoms with Gasteiger partial charge in [-0.15, -0.1) is 11.8 Å². The summed E-state index contributed by atoms with van der Waals surface area (Å²) in [6.07, 6.45) is 1.13. The molecule has 7 aromatic carbocycles. The van der Waals surface area contributed by atoms with Gasteiger partial charge in [0.2, 0.25) is 17.7 Å². The lowest BCUT2D eigenvalue weighted by Gasteiger charge is -2.62. The number of hydrogen-bond acceptors (Lipinski definition) is 23. The molecule has 12 aliphatic rings. The number of anilines is 1. The molecule has 3 saturated heterocycles. The summed E-state index contributed by atoms with van der Waals surface area (Å²) in [7, 11) is 11.8. The predicted octanol–water partition coefficient (Wildman–Crippen LogP) is 15.3. The Morgan fingerprint density at radius 3 is 1.37 bits per heavy atom. The van der Waals surface area contributed by atoms with Crippen molar-refractivity contribution in [2.45, 2.75) is 238 Å². The molecular formula is C110H145F3N10O17S. The normalized spacial score (nSPS) is 28.9. The van der Waals surface area contributed by atoms with Crippen molar-refractivity contribution in [1.29, 1.82) is 0 Å². The number of aromatic nitrogens is 2. The standard InChI is InChI=1S/C44H58N4O7.C34H43F3N4O5.C32H44N2O5S/c1-26-35-22-32(44(35,3)4)23-36(26)46-43(52)40-39(27(2)54-38(50)18-17-28-13-10-9-11-14-28)37(25-49)55-48(40)24-29-15-12-16-34(41(29)53-8)30-19-31(42(51)45-5)21-33(20-30)47(6)7;1-17-24-11-20(33(24,3)4)12-25(17)39-32(44)30-28(18(2)43)27(15-42)46-41(30)14-19-8-7-9-22(31(19)45-6)23-10-21(34(35,36)37)13-26-29(23)38-16-40(26)5;1-18-25-14-22(32(25,3)4)15-26(18)33-31(37)29-28(19(2)36)27(17-35)39-34(29)16-21-10-8-12-24(30(21)38-5)20-9-7-11-23(13-20)40-6/h9-16,19-21,26-27,32,35-37,39-40,49H,17-18,22-25H2,1-8H3,(H,45,51)(H,46,52);7-10,13,16-18,20,24-25,27-28,30,42-43H,11-12,14-15H2,1-6H3,(H,39,44);7-13,18-19,22,25-29,35-36H,14-17H2,1-6H3,(H,33,37)/t26-,27-,32+,35-,36-,37-,39+,40-;17-,18-,20+,24-,25-,27-,28-,30-;18-,19-,22+,25-,26-,27-,28+,29?/m000/s1. The number of imidazole rings is 1. The number of methoxy groups -OCH3 is 3. The quantitative estimate of drug-likeness (QED) is 0.0144. The van der Waals surface area contributed by atoms with E-state index in [1.165, 1.54) is 35.9 Å². The van der Waals surface area contributed by atoms with Crippen molar-refractivity contribution in [3.63, 3.8) is 0 Å². The molecule has 1 unspecified atom stereocenters. The number of aliphatic hydroxyl groups is 5. The van der Waals surface area contributed by atoms with E-state index in [4.69, 9.17) is 33.5 Å². The first-order valence-corrected chi connectivity index (χ1v) is 51.1. The third kappa shape index (κ3) is 21.2. The number of para-hydroxylation sites is 3. The largest absolute Gasteiger partial charge is 0.496 e. The van der Waals surface area contributed by atoms with E-state index < -0.39 is 90.8 Å². The fraction of sp³-hybridized carbons (Fsp3) is 0.564. The molecule has 0 radical (unpaired) electrons. The lowest BCUT2D eigenvalue weighted by Crippen LogP contribution is -2.62. The van der Waals surface area contributed by atoms with E-state index in [2.05, 4.69) is 113 Å². The number of aryl methyl sites for hydroxylation is 2. The highest BCUT2D eigenvalue weighted by Gasteiger charge is 2.62. The van der Waals surface area contributed by atoms with Crippen LogP contribution in [-0.2, 0) is 77.7 Å². The van der Waals surface area contributed by atoms with Gasteiger partial charge in [0.1, 0.15) is 59.8 Å². The average molecular weight is 1970 g/mol. The molecule has 4 amide bonds. The monoisotopic (exact) mass is 1970 g/mol. The number of amides is 4. The first-order chi connectivity index (χ1) is 67.0. The van der Waals surface area contributed by atoms with E-state index >= 15 is 0 Å². The molecule has 3 aliphatic heterocycles. The zero-order chi connectivity index (χ0) is 102. The fourth-order valence-corrected chi connectivity index (χ4v) is 25.8. The Labute approximate surface area is 831 Å². The Morgan fingerprint density at radius 2 is 0.965 bits per heavy atom. The number of carbonyl (C=O) groups excluding carboxylic acids is 5. The van der Waals surface area contributed by atoms with E-state index in [-0.39, 0.29) is 109 Å². The van der Waals surface area contributed by atoms with E-state index in [0.717, 1.165) is 87.3 Å². The molecule has 31 heteroatoms. The first-order valence-electron chi connectivity index (χ1n) is 49.9. The van der Waals surface area contributed by atoms with Gasteiger partial charge in [-0.1, -0.05) is 159 Å². The van der Waals surface area contributed by atoms with Gasteiger partial charge in [0.25, 0.3) is 5.91 Å². The molecule has 1 aromatic heterocycles. The molecule has 9 saturated carbocycles. The molecule has 24 atom stereocenters. The number of hydroxylamine groups is 6. The second-order valence-electron chi connectivity index (χ2n) is 42.9. The SMILES string of the molecule is CNC(=O)c1cc(-c2cccc(CN3O[C@@H](CO)[C@@H]([C@H](C)OC(=O)CCc4ccccc4)[C@H]3C(=O)N[C@H]3C[C@H]4C[C@@H]([C@@H]3C)C4(C)C)c2OC)cc(N(C)C)c1.COc1c(CN2O[C@@H](CO)[C@@H]([C@H](C)O)C2C(=O)N[C@H]2C[C@H]3C[C@@H]([C@@H]2C)C3(C)C)cccc1-c1cccc(SC)c1.COc1c(CN2O[C@@H](CO)[C@H]([C@H](C)O)[C@H]2C(=O)N[C@H]2C[C@H]3C[C@@H]([C@@H]2C)C3(C)C)cccc1-c1cc(C(F)(F)F)cc2c1ncn2C. The van der Waals surface area contributed by atoms with Gasteiger partial charge in [0.05, 0.1) is 102 Å². The number of hydrogen-bond donors (Lipinski definition) is 9. The van der Waals surface area contributed by atoms with Crippen LogP contribution in [0.2, 0.25) is 0 Å². The molecule has 764 valence electrons.